The highest BCUT2D eigenvalue weighted by Gasteiger charge is 2.25. The van der Waals surface area contributed by atoms with Crippen molar-refractivity contribution in [3.8, 4) is 0 Å². The fraction of sp³-hybridized carbons (Fsp3) is 0.750. The molecule has 2 rings (SSSR count). The van der Waals surface area contributed by atoms with Gasteiger partial charge in [0.05, 0.1) is 0 Å². The molecule has 1 fully saturated rings. The Labute approximate surface area is 123 Å². The van der Waals surface area contributed by atoms with E-state index >= 15 is 0 Å². The molecule has 1 aromatic heterocycles. The minimum Gasteiger partial charge on any atom is -0.370 e. The van der Waals surface area contributed by atoms with E-state index in [0.29, 0.717) is 0 Å². The summed E-state index contributed by atoms with van der Waals surface area (Å²) in [5.41, 5.74) is 1.20. The second kappa shape index (κ2) is 6.91. The third-order valence-corrected chi connectivity index (χ3v) is 4.11. The second-order valence-corrected chi connectivity index (χ2v) is 5.71. The number of nitrogens with one attached hydrogen (secondary N) is 1. The van der Waals surface area contributed by atoms with Crippen molar-refractivity contribution >= 4 is 11.6 Å². The summed E-state index contributed by atoms with van der Waals surface area (Å²) in [4.78, 5) is 11.9. The molecule has 0 amide bonds. The molecule has 1 atom stereocenters. The molecule has 2 heterocycles. The van der Waals surface area contributed by atoms with Gasteiger partial charge in [-0.2, -0.15) is 0 Å². The minimum atomic E-state index is 0.835. The minimum absolute atomic E-state index is 0.835. The van der Waals surface area contributed by atoms with Crippen LogP contribution in [0.5, 0.6) is 0 Å². The van der Waals surface area contributed by atoms with Crippen molar-refractivity contribution in [3.05, 3.63) is 11.4 Å². The molecule has 1 unspecified atom stereocenters. The van der Waals surface area contributed by atoms with Gasteiger partial charge < -0.3 is 10.2 Å². The zero-order chi connectivity index (χ0) is 14.5. The van der Waals surface area contributed by atoms with Crippen LogP contribution in [0.2, 0.25) is 0 Å². The van der Waals surface area contributed by atoms with Crippen LogP contribution >= 0.6 is 0 Å². The fourth-order valence-corrected chi connectivity index (χ4v) is 3.02. The maximum absolute atomic E-state index is 4.79. The van der Waals surface area contributed by atoms with E-state index < -0.39 is 0 Å². The summed E-state index contributed by atoms with van der Waals surface area (Å²) in [7, 11) is 0. The Balaban J connectivity index is 2.24. The van der Waals surface area contributed by atoms with Gasteiger partial charge in [0.1, 0.15) is 17.5 Å². The van der Waals surface area contributed by atoms with Crippen molar-refractivity contribution in [1.82, 2.24) is 9.97 Å². The van der Waals surface area contributed by atoms with Gasteiger partial charge >= 0.3 is 0 Å². The Bertz CT molecular complexity index is 444. The molecule has 1 aromatic rings. The third kappa shape index (κ3) is 3.22. The molecule has 0 bridgehead atoms. The molecule has 20 heavy (non-hydrogen) atoms. The topological polar surface area (TPSA) is 41.1 Å². The monoisotopic (exact) mass is 276 g/mol. The van der Waals surface area contributed by atoms with Crippen molar-refractivity contribution in [2.45, 2.75) is 53.4 Å². The van der Waals surface area contributed by atoms with Crippen LogP contribution in [0, 0.1) is 12.8 Å². The van der Waals surface area contributed by atoms with E-state index in [1.165, 1.54) is 24.8 Å². The van der Waals surface area contributed by atoms with Crippen LogP contribution in [0.25, 0.3) is 0 Å². The van der Waals surface area contributed by atoms with Crippen LogP contribution in [0.1, 0.15) is 51.4 Å². The summed E-state index contributed by atoms with van der Waals surface area (Å²) in [6.45, 7) is 11.8. The van der Waals surface area contributed by atoms with Gasteiger partial charge in [0.25, 0.3) is 0 Å². The lowest BCUT2D eigenvalue weighted by atomic mass is 10.0. The molecule has 4 heteroatoms. The van der Waals surface area contributed by atoms with Crippen LogP contribution in [-0.4, -0.2) is 29.6 Å². The lowest BCUT2D eigenvalue weighted by molar-refractivity contribution is 0.529. The van der Waals surface area contributed by atoms with Gasteiger partial charge in [-0.3, -0.25) is 0 Å². The number of aromatic nitrogens is 2. The predicted octanol–water partition coefficient (Wildman–Crippen LogP) is 3.41. The van der Waals surface area contributed by atoms with Gasteiger partial charge in [0.2, 0.25) is 0 Å². The predicted molar refractivity (Wildman–Crippen MR) is 85.5 cm³/mol. The summed E-state index contributed by atoms with van der Waals surface area (Å²) in [6.07, 6.45) is 4.80. The van der Waals surface area contributed by atoms with E-state index in [4.69, 9.17) is 4.98 Å². The average molecular weight is 276 g/mol. The first-order valence-electron chi connectivity index (χ1n) is 8.05. The molecular weight excluding hydrogens is 248 g/mol. The Morgan fingerprint density at radius 1 is 1.25 bits per heavy atom. The van der Waals surface area contributed by atoms with Crippen molar-refractivity contribution in [2.24, 2.45) is 5.92 Å². The molecule has 1 saturated heterocycles. The molecule has 112 valence electrons. The molecule has 0 radical (unpaired) electrons. The molecule has 1 aliphatic heterocycles. The number of anilines is 2. The van der Waals surface area contributed by atoms with Crippen molar-refractivity contribution < 1.29 is 0 Å². The highest BCUT2D eigenvalue weighted by molar-refractivity contribution is 5.59. The maximum atomic E-state index is 4.79. The third-order valence-electron chi connectivity index (χ3n) is 4.11. The molecule has 0 aliphatic carbocycles. The fourth-order valence-electron chi connectivity index (χ4n) is 3.02. The van der Waals surface area contributed by atoms with Crippen LogP contribution in [0.15, 0.2) is 0 Å². The van der Waals surface area contributed by atoms with Crippen LogP contribution in [0.3, 0.4) is 0 Å². The SMILES string of the molecule is CCCC1CCN(c2nc(CC)nc(NCC)c2C)C1. The average Bonchev–Trinajstić information content (AvgIpc) is 2.90. The lowest BCUT2D eigenvalue weighted by Gasteiger charge is -2.22. The van der Waals surface area contributed by atoms with Crippen LogP contribution < -0.4 is 10.2 Å². The first-order valence-corrected chi connectivity index (χ1v) is 8.05. The number of aryl methyl sites for hydroxylation is 1. The molecule has 1 aliphatic rings. The first kappa shape index (κ1) is 15.1. The van der Waals surface area contributed by atoms with Gasteiger partial charge in [-0.15, -0.1) is 0 Å². The lowest BCUT2D eigenvalue weighted by Crippen LogP contribution is -2.23. The highest BCUT2D eigenvalue weighted by atomic mass is 15.2. The van der Waals surface area contributed by atoms with Crippen LogP contribution in [-0.2, 0) is 6.42 Å². The standard InChI is InChI=1S/C16H28N4/c1-5-8-13-9-10-20(11-13)16-12(4)15(17-7-3)18-14(6-2)19-16/h13H,5-11H2,1-4H3,(H,17,18,19). The van der Waals surface area contributed by atoms with Crippen LogP contribution in [0.4, 0.5) is 11.6 Å². The summed E-state index contributed by atoms with van der Waals surface area (Å²) >= 11 is 0. The molecular formula is C16H28N4. The van der Waals surface area contributed by atoms with Gasteiger partial charge in [0, 0.05) is 31.6 Å². The van der Waals surface area contributed by atoms with Gasteiger partial charge in [-0.1, -0.05) is 20.3 Å². The Hall–Kier alpha value is -1.32. The summed E-state index contributed by atoms with van der Waals surface area (Å²) in [5.74, 6) is 3.93. The van der Waals surface area contributed by atoms with E-state index in [1.807, 2.05) is 0 Å². The molecule has 4 nitrogen and oxygen atoms in total. The summed E-state index contributed by atoms with van der Waals surface area (Å²) in [6, 6.07) is 0. The number of hydrogen-bond donors (Lipinski definition) is 1. The van der Waals surface area contributed by atoms with E-state index in [1.54, 1.807) is 0 Å². The normalized spacial score (nSPS) is 18.6. The Kier molecular flexibility index (Phi) is 5.21. The van der Waals surface area contributed by atoms with Gasteiger partial charge in [-0.05, 0) is 32.6 Å². The van der Waals surface area contributed by atoms with E-state index in [0.717, 1.165) is 49.4 Å². The smallest absolute Gasteiger partial charge is 0.137 e. The molecule has 1 N–H and O–H groups in total. The zero-order valence-corrected chi connectivity index (χ0v) is 13.4. The Morgan fingerprint density at radius 3 is 2.70 bits per heavy atom. The number of rotatable bonds is 6. The van der Waals surface area contributed by atoms with Crippen molar-refractivity contribution in [2.75, 3.05) is 29.9 Å². The van der Waals surface area contributed by atoms with E-state index in [9.17, 15) is 0 Å². The Morgan fingerprint density at radius 2 is 2.05 bits per heavy atom. The number of hydrogen-bond acceptors (Lipinski definition) is 4. The largest absolute Gasteiger partial charge is 0.370 e. The highest BCUT2D eigenvalue weighted by Crippen LogP contribution is 2.30. The molecule has 0 aromatic carbocycles. The van der Waals surface area contributed by atoms with E-state index in [-0.39, 0.29) is 0 Å². The van der Waals surface area contributed by atoms with Crippen molar-refractivity contribution in [3.63, 3.8) is 0 Å². The van der Waals surface area contributed by atoms with E-state index in [2.05, 4.69) is 42.9 Å². The summed E-state index contributed by atoms with van der Waals surface area (Å²) in [5, 5.41) is 3.37. The maximum Gasteiger partial charge on any atom is 0.137 e. The zero-order valence-electron chi connectivity index (χ0n) is 13.4. The molecule has 0 saturated carbocycles. The summed E-state index contributed by atoms with van der Waals surface area (Å²) < 4.78 is 0. The first-order chi connectivity index (χ1) is 9.69. The quantitative estimate of drug-likeness (QED) is 0.864. The van der Waals surface area contributed by atoms with Gasteiger partial charge in [0.15, 0.2) is 0 Å². The number of nitrogens with zero attached hydrogens (tertiary/aromatic N) is 3. The van der Waals surface area contributed by atoms with Gasteiger partial charge in [-0.25, -0.2) is 9.97 Å². The molecule has 0 spiro atoms. The second-order valence-electron chi connectivity index (χ2n) is 5.71. The van der Waals surface area contributed by atoms with Crippen molar-refractivity contribution in [1.29, 1.82) is 0 Å².